The van der Waals surface area contributed by atoms with Crippen LogP contribution in [0.5, 0.6) is 5.75 Å². The van der Waals surface area contributed by atoms with Gasteiger partial charge in [0.05, 0.1) is 5.69 Å². The van der Waals surface area contributed by atoms with Crippen molar-refractivity contribution >= 4 is 69.5 Å². The fourth-order valence-corrected chi connectivity index (χ4v) is 3.53. The molecule has 3 aromatic rings. The summed E-state index contributed by atoms with van der Waals surface area (Å²) >= 11 is 11.0. The van der Waals surface area contributed by atoms with Crippen LogP contribution in [0.1, 0.15) is 0 Å². The number of nitrogens with one attached hydrogen (secondary N) is 2. The minimum Gasteiger partial charge on any atom is -0.481 e. The van der Waals surface area contributed by atoms with Gasteiger partial charge < -0.3 is 10.1 Å². The fourth-order valence-electron chi connectivity index (χ4n) is 3.11. The van der Waals surface area contributed by atoms with E-state index in [0.29, 0.717) is 22.0 Å². The number of benzene rings is 2. The van der Waals surface area contributed by atoms with E-state index in [1.807, 2.05) is 12.1 Å². The molecule has 0 saturated carbocycles. The van der Waals surface area contributed by atoms with Crippen LogP contribution < -0.4 is 20.4 Å². The Kier molecular flexibility index (Phi) is 6.57. The van der Waals surface area contributed by atoms with Crippen LogP contribution >= 0.6 is 23.8 Å². The molecule has 3 amide bonds. The maximum atomic E-state index is 12.9. The molecule has 2 aromatic carbocycles. The topological polar surface area (TPSA) is 113 Å². The van der Waals surface area contributed by atoms with Gasteiger partial charge in [0.25, 0.3) is 11.8 Å². The van der Waals surface area contributed by atoms with Crippen LogP contribution in [0, 0.1) is 5.92 Å². The lowest BCUT2D eigenvalue weighted by molar-refractivity contribution is -0.130. The van der Waals surface area contributed by atoms with E-state index < -0.39 is 23.6 Å². The highest BCUT2D eigenvalue weighted by Crippen LogP contribution is 2.23. The summed E-state index contributed by atoms with van der Waals surface area (Å²) in [6.07, 6.45) is 2.67. The van der Waals surface area contributed by atoms with Crippen molar-refractivity contribution in [2.75, 3.05) is 11.5 Å². The third kappa shape index (κ3) is 4.97. The van der Waals surface area contributed by atoms with Crippen molar-refractivity contribution in [2.24, 2.45) is 11.0 Å². The second-order valence-electron chi connectivity index (χ2n) is 6.86. The second kappa shape index (κ2) is 9.72. The van der Waals surface area contributed by atoms with Gasteiger partial charge >= 0.3 is 0 Å². The van der Waals surface area contributed by atoms with Gasteiger partial charge in [0.1, 0.15) is 11.3 Å². The number of nitrogens with zero attached hydrogens (tertiary/aromatic N) is 3. The Morgan fingerprint density at radius 1 is 1.21 bits per heavy atom. The van der Waals surface area contributed by atoms with Crippen molar-refractivity contribution < 1.29 is 19.1 Å². The Bertz CT molecular complexity index is 1280. The van der Waals surface area contributed by atoms with E-state index in [-0.39, 0.29) is 11.7 Å². The summed E-state index contributed by atoms with van der Waals surface area (Å²) in [6, 6.07) is 15.4. The Labute approximate surface area is 198 Å². The number of rotatable bonds is 6. The number of amides is 3. The second-order valence-corrected chi connectivity index (χ2v) is 7.68. The number of halogens is 1. The van der Waals surface area contributed by atoms with Crippen LogP contribution in [0.25, 0.3) is 10.9 Å². The van der Waals surface area contributed by atoms with Crippen LogP contribution in [0.2, 0.25) is 5.02 Å². The molecule has 166 valence electrons. The summed E-state index contributed by atoms with van der Waals surface area (Å²) in [7, 11) is 0. The molecule has 0 bridgehead atoms. The van der Waals surface area contributed by atoms with Gasteiger partial charge in [0.2, 0.25) is 5.91 Å². The maximum absolute atomic E-state index is 12.9. The number of thiocarbonyl (C=S) groups is 1. The van der Waals surface area contributed by atoms with Crippen molar-refractivity contribution in [3.63, 3.8) is 0 Å². The first-order chi connectivity index (χ1) is 15.9. The van der Waals surface area contributed by atoms with E-state index >= 15 is 0 Å². The number of ether oxygens (including phenoxy) is 1. The number of anilines is 1. The quantitative estimate of drug-likeness (QED) is 0.242. The average molecular weight is 482 g/mol. The highest BCUT2D eigenvalue weighted by atomic mass is 35.5. The zero-order valence-corrected chi connectivity index (χ0v) is 18.5. The van der Waals surface area contributed by atoms with Crippen molar-refractivity contribution in [1.82, 2.24) is 15.7 Å². The number of carbonyl (C=O) groups is 3. The number of hydrazone groups is 1. The standard InChI is InChI=1S/C22H16ClN5O4S/c23-14-6-8-15(9-7-14)28-21(31)16(20(30)26-22(28)33)11-25-27-18(29)12-32-17-5-1-3-13-4-2-10-24-19(13)17/h1-11,16H,12H2,(H,27,29)(H,26,30,33)/b25-11-/t16-/m0/s1. The Morgan fingerprint density at radius 3 is 2.76 bits per heavy atom. The molecule has 2 N–H and O–H groups in total. The summed E-state index contributed by atoms with van der Waals surface area (Å²) in [5.41, 5.74) is 3.31. The number of hydrogen-bond acceptors (Lipinski definition) is 7. The van der Waals surface area contributed by atoms with E-state index in [1.165, 1.54) is 4.90 Å². The van der Waals surface area contributed by atoms with Gasteiger partial charge in [-0.2, -0.15) is 5.10 Å². The predicted molar refractivity (Wildman–Crippen MR) is 127 cm³/mol. The van der Waals surface area contributed by atoms with Gasteiger partial charge in [0.15, 0.2) is 17.6 Å². The van der Waals surface area contributed by atoms with Gasteiger partial charge in [-0.15, -0.1) is 0 Å². The zero-order valence-electron chi connectivity index (χ0n) is 16.9. The van der Waals surface area contributed by atoms with E-state index in [9.17, 15) is 14.4 Å². The van der Waals surface area contributed by atoms with Crippen molar-refractivity contribution in [2.45, 2.75) is 0 Å². The molecule has 1 saturated heterocycles. The zero-order chi connectivity index (χ0) is 23.4. The molecule has 0 radical (unpaired) electrons. The molecule has 0 spiro atoms. The maximum Gasteiger partial charge on any atom is 0.277 e. The Morgan fingerprint density at radius 2 is 1.97 bits per heavy atom. The summed E-state index contributed by atoms with van der Waals surface area (Å²) in [4.78, 5) is 42.7. The van der Waals surface area contributed by atoms with Crippen LogP contribution in [0.4, 0.5) is 5.69 Å². The molecular weight excluding hydrogens is 466 g/mol. The summed E-state index contributed by atoms with van der Waals surface area (Å²) in [5, 5.41) is 7.50. The minimum atomic E-state index is -1.28. The molecule has 2 heterocycles. The molecule has 1 aromatic heterocycles. The fraction of sp³-hybridized carbons (Fsp3) is 0.0909. The smallest absolute Gasteiger partial charge is 0.277 e. The number of aromatic nitrogens is 1. The van der Waals surface area contributed by atoms with Gasteiger partial charge in [-0.25, -0.2) is 5.43 Å². The van der Waals surface area contributed by atoms with E-state index in [0.717, 1.165) is 11.6 Å². The number of carbonyl (C=O) groups excluding carboxylic acids is 3. The molecule has 11 heteroatoms. The average Bonchev–Trinajstić information content (AvgIpc) is 2.81. The highest BCUT2D eigenvalue weighted by Gasteiger charge is 2.38. The van der Waals surface area contributed by atoms with Crippen LogP contribution in [-0.4, -0.2) is 40.6 Å². The van der Waals surface area contributed by atoms with Gasteiger partial charge in [-0.3, -0.25) is 24.3 Å². The van der Waals surface area contributed by atoms with Crippen molar-refractivity contribution in [3.05, 3.63) is 65.8 Å². The van der Waals surface area contributed by atoms with Crippen LogP contribution in [0.3, 0.4) is 0 Å². The summed E-state index contributed by atoms with van der Waals surface area (Å²) < 4.78 is 5.53. The molecular formula is C22H16ClN5O4S. The molecule has 1 fully saturated rings. The van der Waals surface area contributed by atoms with E-state index in [1.54, 1.807) is 48.7 Å². The summed E-state index contributed by atoms with van der Waals surface area (Å²) in [6.45, 7) is -0.335. The third-order valence-electron chi connectivity index (χ3n) is 4.65. The van der Waals surface area contributed by atoms with Crippen LogP contribution in [-0.2, 0) is 14.4 Å². The largest absolute Gasteiger partial charge is 0.481 e. The summed E-state index contributed by atoms with van der Waals surface area (Å²) in [5.74, 6) is -2.67. The van der Waals surface area contributed by atoms with E-state index in [4.69, 9.17) is 28.6 Å². The normalized spacial score (nSPS) is 16.2. The van der Waals surface area contributed by atoms with Crippen molar-refractivity contribution in [3.8, 4) is 5.75 Å². The number of hydrogen-bond donors (Lipinski definition) is 2. The number of pyridine rings is 1. The highest BCUT2D eigenvalue weighted by molar-refractivity contribution is 7.80. The monoisotopic (exact) mass is 481 g/mol. The first-order valence-corrected chi connectivity index (χ1v) is 10.5. The molecule has 0 unspecified atom stereocenters. The van der Waals surface area contributed by atoms with Gasteiger partial charge in [0, 0.05) is 22.8 Å². The minimum absolute atomic E-state index is 0.0573. The predicted octanol–water partition coefficient (Wildman–Crippen LogP) is 2.43. The third-order valence-corrected chi connectivity index (χ3v) is 5.19. The molecule has 1 atom stereocenters. The first-order valence-electron chi connectivity index (χ1n) is 9.67. The lowest BCUT2D eigenvalue weighted by atomic mass is 10.1. The van der Waals surface area contributed by atoms with Gasteiger partial charge in [-0.05, 0) is 48.6 Å². The Balaban J connectivity index is 1.38. The molecule has 0 aliphatic carbocycles. The molecule has 1 aliphatic rings. The molecule has 9 nitrogen and oxygen atoms in total. The van der Waals surface area contributed by atoms with E-state index in [2.05, 4.69) is 20.8 Å². The SMILES string of the molecule is O=C(COc1cccc2cccnc12)N/N=C\[C@H]1C(=O)NC(=S)N(c2ccc(Cl)cc2)C1=O. The lowest BCUT2D eigenvalue weighted by Gasteiger charge is -2.30. The molecule has 4 rings (SSSR count). The lowest BCUT2D eigenvalue weighted by Crippen LogP contribution is -2.58. The van der Waals surface area contributed by atoms with Crippen molar-refractivity contribution in [1.29, 1.82) is 0 Å². The molecule has 1 aliphatic heterocycles. The number of para-hydroxylation sites is 1. The van der Waals surface area contributed by atoms with Gasteiger partial charge in [-0.1, -0.05) is 29.8 Å². The van der Waals surface area contributed by atoms with Crippen LogP contribution in [0.15, 0.2) is 65.9 Å². The first kappa shape index (κ1) is 22.3. The Hall–Kier alpha value is -3.89. The number of fused-ring (bicyclic) bond motifs is 1. The molecule has 33 heavy (non-hydrogen) atoms.